The van der Waals surface area contributed by atoms with E-state index in [1.807, 2.05) is 31.2 Å². The normalized spacial score (nSPS) is 15.0. The summed E-state index contributed by atoms with van der Waals surface area (Å²) in [6.07, 6.45) is 1.40. The lowest BCUT2D eigenvalue weighted by atomic mass is 9.79. The van der Waals surface area contributed by atoms with Gasteiger partial charge in [0.15, 0.2) is 6.61 Å². The predicted octanol–water partition coefficient (Wildman–Crippen LogP) is 4.04. The Morgan fingerprint density at radius 1 is 1.20 bits per heavy atom. The van der Waals surface area contributed by atoms with Crippen LogP contribution < -0.4 is 15.0 Å². The Bertz CT molecular complexity index is 984. The number of nitrogens with zero attached hydrogens (tertiary/aromatic N) is 3. The van der Waals surface area contributed by atoms with E-state index in [2.05, 4.69) is 16.3 Å². The number of nitrogens with one attached hydrogen (secondary N) is 1. The fraction of sp³-hybridized carbons (Fsp3) is 0.348. The van der Waals surface area contributed by atoms with Crippen LogP contribution in [-0.2, 0) is 11.3 Å². The molecule has 0 unspecified atom stereocenters. The Kier molecular flexibility index (Phi) is 6.82. The Morgan fingerprint density at radius 2 is 1.90 bits per heavy atom. The molecule has 2 aromatic carbocycles. The minimum Gasteiger partial charge on any atom is -0.479 e. The Labute approximate surface area is 181 Å². The van der Waals surface area contributed by atoms with Gasteiger partial charge in [0.2, 0.25) is 5.91 Å². The van der Waals surface area contributed by atoms with Crippen LogP contribution in [-0.4, -0.2) is 25.6 Å². The van der Waals surface area contributed by atoms with Gasteiger partial charge in [0.1, 0.15) is 17.9 Å². The third-order valence-electron chi connectivity index (χ3n) is 5.51. The summed E-state index contributed by atoms with van der Waals surface area (Å²) in [6.45, 7) is 3.84. The van der Waals surface area contributed by atoms with Gasteiger partial charge in [-0.3, -0.25) is 4.79 Å². The summed E-state index contributed by atoms with van der Waals surface area (Å²) in [5.74, 6) is 0.661. The molecule has 1 aliphatic rings. The number of hydrogen-bond donors (Lipinski definition) is 1. The van der Waals surface area contributed by atoms with Gasteiger partial charge in [-0.2, -0.15) is 10.5 Å². The average molecular weight is 423 g/mol. The molecule has 0 radical (unpaired) electrons. The van der Waals surface area contributed by atoms with Gasteiger partial charge in [0, 0.05) is 30.1 Å². The number of anilines is 1. The van der Waals surface area contributed by atoms with E-state index < -0.39 is 5.41 Å². The molecule has 1 fully saturated rings. The molecular weight excluding hydrogens is 400 g/mol. The maximum absolute atomic E-state index is 12.9. The highest BCUT2D eigenvalue weighted by atomic mass is 35.5. The highest BCUT2D eigenvalue weighted by molar-refractivity contribution is 6.30. The van der Waals surface area contributed by atoms with E-state index in [1.54, 1.807) is 24.3 Å². The molecule has 6 nitrogen and oxygen atoms in total. The Hall–Kier alpha value is -3.22. The first-order valence-electron chi connectivity index (χ1n) is 9.77. The third kappa shape index (κ3) is 5.03. The molecule has 154 valence electrons. The van der Waals surface area contributed by atoms with Crippen molar-refractivity contribution in [2.24, 2.45) is 5.41 Å². The molecular formula is C23H23ClN4O2. The second-order valence-corrected chi connectivity index (χ2v) is 8.03. The maximum Gasteiger partial charge on any atom is 0.226 e. The predicted molar refractivity (Wildman–Crippen MR) is 115 cm³/mol. The van der Waals surface area contributed by atoms with Crippen molar-refractivity contribution >= 4 is 23.2 Å². The summed E-state index contributed by atoms with van der Waals surface area (Å²) in [4.78, 5) is 15.0. The number of benzene rings is 2. The van der Waals surface area contributed by atoms with Gasteiger partial charge in [-0.25, -0.2) is 0 Å². The van der Waals surface area contributed by atoms with E-state index in [0.29, 0.717) is 48.8 Å². The smallest absolute Gasteiger partial charge is 0.226 e. The van der Waals surface area contributed by atoms with Crippen molar-refractivity contribution in [1.82, 2.24) is 5.32 Å². The quantitative estimate of drug-likeness (QED) is 0.758. The third-order valence-corrected chi connectivity index (χ3v) is 5.75. The Balaban J connectivity index is 1.55. The van der Waals surface area contributed by atoms with Crippen molar-refractivity contribution < 1.29 is 9.53 Å². The van der Waals surface area contributed by atoms with E-state index in [4.69, 9.17) is 21.6 Å². The molecule has 0 atom stereocenters. The summed E-state index contributed by atoms with van der Waals surface area (Å²) in [5.41, 5.74) is 1.93. The number of hydrogen-bond acceptors (Lipinski definition) is 5. The fourth-order valence-corrected chi connectivity index (χ4v) is 3.73. The molecule has 1 N–H and O–H groups in total. The molecule has 0 spiro atoms. The minimum atomic E-state index is -0.453. The van der Waals surface area contributed by atoms with Gasteiger partial charge in [0.05, 0.1) is 11.3 Å². The fourth-order valence-electron chi connectivity index (χ4n) is 3.56. The molecule has 0 bridgehead atoms. The van der Waals surface area contributed by atoms with Gasteiger partial charge in [-0.05, 0) is 48.7 Å². The molecule has 0 aromatic heterocycles. The molecule has 2 aromatic rings. The van der Waals surface area contributed by atoms with Gasteiger partial charge < -0.3 is 15.0 Å². The van der Waals surface area contributed by atoms with Crippen molar-refractivity contribution in [2.45, 2.75) is 26.3 Å². The van der Waals surface area contributed by atoms with Gasteiger partial charge in [0.25, 0.3) is 0 Å². The second kappa shape index (κ2) is 9.52. The number of halogens is 1. The van der Waals surface area contributed by atoms with Crippen LogP contribution in [0.5, 0.6) is 5.75 Å². The number of carbonyl (C=O) groups excluding carboxylic acids is 1. The van der Waals surface area contributed by atoms with E-state index in [1.165, 1.54) is 0 Å². The van der Waals surface area contributed by atoms with Crippen molar-refractivity contribution in [1.29, 1.82) is 10.5 Å². The van der Waals surface area contributed by atoms with E-state index >= 15 is 0 Å². The highest BCUT2D eigenvalue weighted by Gasteiger charge is 2.37. The van der Waals surface area contributed by atoms with Crippen molar-refractivity contribution in [3.63, 3.8) is 0 Å². The summed E-state index contributed by atoms with van der Waals surface area (Å²) >= 11 is 6.00. The van der Waals surface area contributed by atoms with Crippen molar-refractivity contribution in [3.05, 3.63) is 58.6 Å². The van der Waals surface area contributed by atoms with Crippen LogP contribution in [0.3, 0.4) is 0 Å². The molecule has 7 heteroatoms. The first kappa shape index (κ1) is 21.5. The molecule has 3 rings (SSSR count). The molecule has 0 saturated carbocycles. The van der Waals surface area contributed by atoms with Crippen molar-refractivity contribution in [3.8, 4) is 17.9 Å². The standard InChI is InChI=1S/C23H23ClN4O2/c1-23(22(29)27-16-17-2-5-20(6-3-17)30-13-10-25)8-11-28(12-9-23)21-7-4-19(24)14-18(21)15-26/h2-7,14H,8-9,11-13,16H2,1H3,(H,27,29). The zero-order valence-corrected chi connectivity index (χ0v) is 17.6. The molecule has 0 aliphatic carbocycles. The lowest BCUT2D eigenvalue weighted by Crippen LogP contribution is -2.47. The summed E-state index contributed by atoms with van der Waals surface area (Å²) in [7, 11) is 0. The van der Waals surface area contributed by atoms with Gasteiger partial charge in [-0.15, -0.1) is 0 Å². The molecule has 30 heavy (non-hydrogen) atoms. The summed E-state index contributed by atoms with van der Waals surface area (Å²) < 4.78 is 5.24. The van der Waals surface area contributed by atoms with Crippen LogP contribution in [0.2, 0.25) is 5.02 Å². The zero-order chi connectivity index (χ0) is 21.6. The van der Waals surface area contributed by atoms with Gasteiger partial charge >= 0.3 is 0 Å². The number of nitriles is 2. The van der Waals surface area contributed by atoms with Crippen LogP contribution in [0.1, 0.15) is 30.9 Å². The average Bonchev–Trinajstić information content (AvgIpc) is 2.77. The molecule has 1 amide bonds. The van der Waals surface area contributed by atoms with E-state index in [9.17, 15) is 10.1 Å². The summed E-state index contributed by atoms with van der Waals surface area (Å²) in [6, 6.07) is 16.8. The van der Waals surface area contributed by atoms with Crippen LogP contribution >= 0.6 is 11.6 Å². The van der Waals surface area contributed by atoms with E-state index in [-0.39, 0.29) is 12.5 Å². The molecule has 1 heterocycles. The van der Waals surface area contributed by atoms with Gasteiger partial charge in [-0.1, -0.05) is 30.7 Å². The zero-order valence-electron chi connectivity index (χ0n) is 16.8. The summed E-state index contributed by atoms with van der Waals surface area (Å²) in [5, 5.41) is 21.5. The number of piperidine rings is 1. The van der Waals surface area contributed by atoms with Crippen LogP contribution in [0.15, 0.2) is 42.5 Å². The minimum absolute atomic E-state index is 0.0112. The van der Waals surface area contributed by atoms with Crippen LogP contribution in [0.25, 0.3) is 0 Å². The lowest BCUT2D eigenvalue weighted by Gasteiger charge is -2.39. The lowest BCUT2D eigenvalue weighted by molar-refractivity contribution is -0.131. The number of rotatable bonds is 6. The Morgan fingerprint density at radius 3 is 2.53 bits per heavy atom. The maximum atomic E-state index is 12.9. The number of carbonyl (C=O) groups is 1. The first-order valence-corrected chi connectivity index (χ1v) is 10.1. The molecule has 1 saturated heterocycles. The topological polar surface area (TPSA) is 89.2 Å². The number of ether oxygens (including phenoxy) is 1. The second-order valence-electron chi connectivity index (χ2n) is 7.59. The molecule has 1 aliphatic heterocycles. The first-order chi connectivity index (χ1) is 14.4. The van der Waals surface area contributed by atoms with Crippen LogP contribution in [0.4, 0.5) is 5.69 Å². The highest BCUT2D eigenvalue weighted by Crippen LogP contribution is 2.35. The monoisotopic (exact) mass is 422 g/mol. The van der Waals surface area contributed by atoms with E-state index in [0.717, 1.165) is 11.3 Å². The number of amides is 1. The van der Waals surface area contributed by atoms with Crippen LogP contribution in [0, 0.1) is 28.1 Å². The van der Waals surface area contributed by atoms with Crippen molar-refractivity contribution in [2.75, 3.05) is 24.6 Å². The SMILES string of the molecule is CC1(C(=O)NCc2ccc(OCC#N)cc2)CCN(c2ccc(Cl)cc2C#N)CC1. The largest absolute Gasteiger partial charge is 0.479 e.